The Bertz CT molecular complexity index is 960. The van der Waals surface area contributed by atoms with Crippen LogP contribution in [0.5, 0.6) is 0 Å². The maximum absolute atomic E-state index is 13.2. The van der Waals surface area contributed by atoms with E-state index in [9.17, 15) is 20.1 Å². The van der Waals surface area contributed by atoms with Crippen molar-refractivity contribution < 1.29 is 24.9 Å². The Morgan fingerprint density at radius 2 is 1.84 bits per heavy atom. The van der Waals surface area contributed by atoms with Crippen LogP contribution in [0.25, 0.3) is 6.08 Å². The van der Waals surface area contributed by atoms with Crippen LogP contribution in [0.3, 0.4) is 0 Å². The van der Waals surface area contributed by atoms with Gasteiger partial charge >= 0.3 is 0 Å². The van der Waals surface area contributed by atoms with Gasteiger partial charge < -0.3 is 30.7 Å². The normalized spacial score (nSPS) is 30.9. The van der Waals surface area contributed by atoms with E-state index in [-0.39, 0.29) is 11.3 Å². The third-order valence-electron chi connectivity index (χ3n) is 7.00. The molecule has 8 atom stereocenters. The van der Waals surface area contributed by atoms with Crippen LogP contribution in [0.2, 0.25) is 0 Å². The molecule has 1 amide bonds. The summed E-state index contributed by atoms with van der Waals surface area (Å²) in [4.78, 5) is 13.2. The van der Waals surface area contributed by atoms with Gasteiger partial charge in [-0.15, -0.1) is 23.4 Å². The van der Waals surface area contributed by atoms with Gasteiger partial charge in [0.15, 0.2) is 0 Å². The maximum Gasteiger partial charge on any atom is 0.237 e. The first kappa shape index (κ1) is 30.2. The van der Waals surface area contributed by atoms with E-state index in [0.29, 0.717) is 13.0 Å². The predicted molar refractivity (Wildman–Crippen MR) is 151 cm³/mol. The average molecular weight is 553 g/mol. The molecule has 2 aliphatic rings. The molecule has 0 aliphatic carbocycles. The summed E-state index contributed by atoms with van der Waals surface area (Å²) in [5.74, 6) is -0.256. The van der Waals surface area contributed by atoms with E-state index in [0.717, 1.165) is 17.6 Å². The Hall–Kier alpha value is -1.39. The first-order chi connectivity index (χ1) is 17.4. The number of rotatable bonds is 7. The lowest BCUT2D eigenvalue weighted by atomic mass is 9.87. The van der Waals surface area contributed by atoms with Gasteiger partial charge in [-0.2, -0.15) is 0 Å². The molecule has 3 rings (SSSR count). The second-order valence-corrected chi connectivity index (χ2v) is 12.5. The summed E-state index contributed by atoms with van der Waals surface area (Å²) >= 11 is 7.61. The lowest BCUT2D eigenvalue weighted by molar-refractivity contribution is -0.205. The lowest BCUT2D eigenvalue weighted by Gasteiger charge is -2.44. The molecular weight excluding hydrogens is 512 g/mol. The summed E-state index contributed by atoms with van der Waals surface area (Å²) in [6.45, 7) is 8.93. The van der Waals surface area contributed by atoms with Gasteiger partial charge in [-0.3, -0.25) is 4.79 Å². The molecule has 0 bridgehead atoms. The minimum atomic E-state index is -1.40. The standard InChI is InChI=1S/C28H41ClN2O5S/c1-16(29)21(25-23(33)22(32)24(34)27(36-25)37-5)31-26(35)20-13-10-18(14-15-30-20)7-6-17-8-11-19(12-9-17)28(2,3)4/h6-12,16,20-25,27,30,32-34H,13-15H2,1-5H3,(H,31,35)/b7-6+/t16-,20-,21+,22?,23-,24+,25+,27?/m0/s1. The molecule has 2 heterocycles. The second kappa shape index (κ2) is 13.1. The maximum atomic E-state index is 13.2. The summed E-state index contributed by atoms with van der Waals surface area (Å²) < 4.78 is 5.85. The number of aliphatic hydroxyl groups excluding tert-OH is 3. The van der Waals surface area contributed by atoms with Crippen molar-refractivity contribution in [3.8, 4) is 0 Å². The number of amides is 1. The average Bonchev–Trinajstić information content (AvgIpc) is 3.10. The molecule has 0 spiro atoms. The van der Waals surface area contributed by atoms with E-state index in [1.807, 2.05) is 0 Å². The van der Waals surface area contributed by atoms with E-state index in [1.54, 1.807) is 13.2 Å². The smallest absolute Gasteiger partial charge is 0.237 e. The van der Waals surface area contributed by atoms with E-state index < -0.39 is 47.3 Å². The Morgan fingerprint density at radius 3 is 2.43 bits per heavy atom. The van der Waals surface area contributed by atoms with Crippen molar-refractivity contribution in [2.75, 3.05) is 12.8 Å². The minimum absolute atomic E-state index is 0.118. The fourth-order valence-corrected chi connectivity index (χ4v) is 5.47. The van der Waals surface area contributed by atoms with Crippen LogP contribution in [0.4, 0.5) is 0 Å². The number of aliphatic hydroxyl groups is 3. The highest BCUT2D eigenvalue weighted by atomic mass is 35.5. The molecule has 1 saturated heterocycles. The molecular formula is C28H41ClN2O5S. The molecule has 5 N–H and O–H groups in total. The number of halogens is 1. The zero-order valence-electron chi connectivity index (χ0n) is 22.2. The van der Waals surface area contributed by atoms with Crippen LogP contribution in [-0.2, 0) is 14.9 Å². The van der Waals surface area contributed by atoms with Crippen LogP contribution in [0.15, 0.2) is 42.0 Å². The number of ether oxygens (including phenoxy) is 1. The van der Waals surface area contributed by atoms with Crippen molar-refractivity contribution in [2.24, 2.45) is 0 Å². The highest BCUT2D eigenvalue weighted by Gasteiger charge is 2.48. The largest absolute Gasteiger partial charge is 0.388 e. The third-order valence-corrected chi connectivity index (χ3v) is 8.13. The number of thioether (sulfide) groups is 1. The molecule has 0 radical (unpaired) electrons. The zero-order chi connectivity index (χ0) is 27.3. The van der Waals surface area contributed by atoms with Crippen LogP contribution >= 0.6 is 23.4 Å². The number of allylic oxidation sites excluding steroid dienone is 1. The van der Waals surface area contributed by atoms with Gasteiger partial charge in [0.1, 0.15) is 29.9 Å². The molecule has 37 heavy (non-hydrogen) atoms. The SMILES string of the molecule is CSC1O[C@H]([C@H](NC(=O)[C@@H]2CC=C(/C=C/c3ccc(C(C)(C)C)cc3)CCN2)[C@H](C)Cl)[C@@H](O)C(O)[C@H]1O. The van der Waals surface area contributed by atoms with Gasteiger partial charge in [0.2, 0.25) is 5.91 Å². The number of benzene rings is 1. The van der Waals surface area contributed by atoms with Crippen LogP contribution in [-0.4, -0.2) is 81.3 Å². The summed E-state index contributed by atoms with van der Waals surface area (Å²) in [6, 6.07) is 7.33. The topological polar surface area (TPSA) is 111 Å². The van der Waals surface area contributed by atoms with Gasteiger partial charge in [0.05, 0.1) is 17.5 Å². The Labute approximate surface area is 229 Å². The minimum Gasteiger partial charge on any atom is -0.388 e. The Kier molecular flexibility index (Phi) is 10.7. The zero-order valence-corrected chi connectivity index (χ0v) is 23.8. The molecule has 0 aromatic heterocycles. The van der Waals surface area contributed by atoms with Crippen LogP contribution < -0.4 is 10.6 Å². The molecule has 7 nitrogen and oxygen atoms in total. The van der Waals surface area contributed by atoms with Crippen LogP contribution in [0, 0.1) is 0 Å². The number of carbonyl (C=O) groups is 1. The lowest BCUT2D eigenvalue weighted by Crippen LogP contribution is -2.65. The molecule has 9 heteroatoms. The van der Waals surface area contributed by atoms with Gasteiger partial charge in [-0.1, -0.05) is 68.8 Å². The number of nitrogens with one attached hydrogen (secondary N) is 2. The van der Waals surface area contributed by atoms with Crippen molar-refractivity contribution in [2.45, 2.75) is 93.3 Å². The van der Waals surface area contributed by atoms with Gasteiger partial charge in [0, 0.05) is 0 Å². The summed E-state index contributed by atoms with van der Waals surface area (Å²) in [5.41, 5.74) is 2.95. The van der Waals surface area contributed by atoms with Crippen molar-refractivity contribution in [1.29, 1.82) is 0 Å². The summed E-state index contributed by atoms with van der Waals surface area (Å²) in [5, 5.41) is 36.6. The van der Waals surface area contributed by atoms with Gasteiger partial charge in [-0.25, -0.2) is 0 Å². The van der Waals surface area contributed by atoms with Gasteiger partial charge in [-0.05, 0) is 49.1 Å². The predicted octanol–water partition coefficient (Wildman–Crippen LogP) is 2.96. The molecule has 1 aromatic rings. The van der Waals surface area contributed by atoms with E-state index in [2.05, 4.69) is 73.9 Å². The number of hydrogen-bond acceptors (Lipinski definition) is 7. The molecule has 1 fully saturated rings. The fraction of sp³-hybridized carbons (Fsp3) is 0.607. The highest BCUT2D eigenvalue weighted by molar-refractivity contribution is 7.99. The van der Waals surface area contributed by atoms with Gasteiger partial charge in [0.25, 0.3) is 0 Å². The molecule has 2 unspecified atom stereocenters. The molecule has 2 aliphatic heterocycles. The van der Waals surface area contributed by atoms with Crippen molar-refractivity contribution in [3.05, 3.63) is 53.1 Å². The van der Waals surface area contributed by atoms with E-state index in [4.69, 9.17) is 16.3 Å². The number of carbonyl (C=O) groups excluding carboxylic acids is 1. The monoisotopic (exact) mass is 552 g/mol. The Balaban J connectivity index is 1.64. The number of alkyl halides is 1. The first-order valence-electron chi connectivity index (χ1n) is 12.8. The fourth-order valence-electron chi connectivity index (χ4n) is 4.58. The van der Waals surface area contributed by atoms with Crippen molar-refractivity contribution >= 4 is 35.3 Å². The first-order valence-corrected chi connectivity index (χ1v) is 14.5. The summed E-state index contributed by atoms with van der Waals surface area (Å²) in [6.07, 6.45) is 4.30. The Morgan fingerprint density at radius 1 is 1.16 bits per heavy atom. The van der Waals surface area contributed by atoms with E-state index in [1.165, 1.54) is 17.3 Å². The second-order valence-electron chi connectivity index (χ2n) is 10.9. The van der Waals surface area contributed by atoms with Crippen molar-refractivity contribution in [3.63, 3.8) is 0 Å². The van der Waals surface area contributed by atoms with Crippen LogP contribution in [0.1, 0.15) is 51.7 Å². The quantitative estimate of drug-likeness (QED) is 0.331. The molecule has 206 valence electrons. The molecule has 0 saturated carbocycles. The molecule has 1 aromatic carbocycles. The van der Waals surface area contributed by atoms with Crippen molar-refractivity contribution in [1.82, 2.24) is 10.6 Å². The third kappa shape index (κ3) is 7.82. The summed E-state index contributed by atoms with van der Waals surface area (Å²) in [7, 11) is 0. The number of hydrogen-bond donors (Lipinski definition) is 5. The highest BCUT2D eigenvalue weighted by Crippen LogP contribution is 2.30. The van der Waals surface area contributed by atoms with E-state index >= 15 is 0 Å².